The van der Waals surface area contributed by atoms with Crippen molar-refractivity contribution in [1.82, 2.24) is 9.88 Å². The van der Waals surface area contributed by atoms with Gasteiger partial charge in [-0.1, -0.05) is 32.4 Å². The molecule has 0 radical (unpaired) electrons. The van der Waals surface area contributed by atoms with Crippen LogP contribution in [0.5, 0.6) is 0 Å². The average Bonchev–Trinajstić information content (AvgIpc) is 2.52. The molecule has 1 aromatic heterocycles. The van der Waals surface area contributed by atoms with Crippen LogP contribution in [0.4, 0.5) is 5.82 Å². The van der Waals surface area contributed by atoms with Crippen molar-refractivity contribution >= 4 is 29.1 Å². The summed E-state index contributed by atoms with van der Waals surface area (Å²) in [5.74, 6) is 0.179. The number of ketones is 1. The van der Waals surface area contributed by atoms with Gasteiger partial charge in [0, 0.05) is 24.4 Å². The van der Waals surface area contributed by atoms with E-state index in [9.17, 15) is 9.59 Å². The molecule has 0 spiro atoms. The van der Waals surface area contributed by atoms with Crippen LogP contribution in [0.1, 0.15) is 57.3 Å². The number of nitrogens with zero attached hydrogens (tertiary/aromatic N) is 2. The maximum Gasteiger partial charge on any atom is 0.225 e. The summed E-state index contributed by atoms with van der Waals surface area (Å²) in [5, 5.41) is 2.84. The van der Waals surface area contributed by atoms with Gasteiger partial charge in [-0.25, -0.2) is 4.98 Å². The highest BCUT2D eigenvalue weighted by Crippen LogP contribution is 2.18. The van der Waals surface area contributed by atoms with Gasteiger partial charge in [-0.2, -0.15) is 0 Å². The first-order valence-corrected chi connectivity index (χ1v) is 8.53. The van der Waals surface area contributed by atoms with Gasteiger partial charge >= 0.3 is 0 Å². The van der Waals surface area contributed by atoms with Crippen LogP contribution in [0.25, 0.3) is 0 Å². The zero-order valence-electron chi connectivity index (χ0n) is 14.4. The molecule has 0 aliphatic carbocycles. The van der Waals surface area contributed by atoms with E-state index in [2.05, 4.69) is 36.0 Å². The Balaban J connectivity index is 2.74. The Morgan fingerprint density at radius 2 is 1.91 bits per heavy atom. The van der Waals surface area contributed by atoms with Crippen molar-refractivity contribution in [2.75, 3.05) is 18.4 Å². The number of rotatable bonds is 9. The lowest BCUT2D eigenvalue weighted by Gasteiger charge is -2.26. The Hall–Kier alpha value is -1.46. The predicted octanol–water partition coefficient (Wildman–Crippen LogP) is 3.78. The Labute approximate surface area is 143 Å². The van der Waals surface area contributed by atoms with Crippen molar-refractivity contribution in [3.8, 4) is 0 Å². The molecule has 6 heteroatoms. The van der Waals surface area contributed by atoms with E-state index in [0.29, 0.717) is 30.3 Å². The second-order valence-corrected chi connectivity index (χ2v) is 5.88. The number of anilines is 1. The molecule has 0 unspecified atom stereocenters. The smallest absolute Gasteiger partial charge is 0.225 e. The molecule has 0 fully saturated rings. The van der Waals surface area contributed by atoms with Gasteiger partial charge in [0.1, 0.15) is 11.0 Å². The summed E-state index contributed by atoms with van der Waals surface area (Å²) in [6.07, 6.45) is 1.58. The van der Waals surface area contributed by atoms with Gasteiger partial charge in [-0.3, -0.25) is 9.59 Å². The molecule has 1 atom stereocenters. The van der Waals surface area contributed by atoms with E-state index in [0.717, 1.165) is 19.5 Å². The normalized spacial score (nSPS) is 12.3. The molecule has 0 aromatic carbocycles. The van der Waals surface area contributed by atoms with Gasteiger partial charge < -0.3 is 10.2 Å². The van der Waals surface area contributed by atoms with E-state index in [4.69, 9.17) is 11.6 Å². The largest absolute Gasteiger partial charge is 0.311 e. The number of nitrogens with one attached hydrogen (secondary N) is 1. The van der Waals surface area contributed by atoms with Crippen molar-refractivity contribution in [2.45, 2.75) is 53.0 Å². The molecular weight excluding hydrogens is 314 g/mol. The number of amides is 1. The minimum Gasteiger partial charge on any atom is -0.311 e. The van der Waals surface area contributed by atoms with Crippen molar-refractivity contribution in [2.24, 2.45) is 0 Å². The molecule has 1 rings (SSSR count). The summed E-state index contributed by atoms with van der Waals surface area (Å²) in [4.78, 5) is 30.2. The Morgan fingerprint density at radius 3 is 2.48 bits per heavy atom. The third-order valence-electron chi connectivity index (χ3n) is 3.93. The molecule has 5 nitrogen and oxygen atoms in total. The highest BCUT2D eigenvalue weighted by molar-refractivity contribution is 6.30. The van der Waals surface area contributed by atoms with Gasteiger partial charge in [-0.05, 0) is 38.6 Å². The van der Waals surface area contributed by atoms with Crippen molar-refractivity contribution in [3.05, 3.63) is 22.8 Å². The molecule has 1 N–H and O–H groups in total. The van der Waals surface area contributed by atoms with Crippen LogP contribution in [0, 0.1) is 0 Å². The molecular formula is C17H26ClN3O2. The first-order valence-electron chi connectivity index (χ1n) is 8.15. The maximum absolute atomic E-state index is 12.4. The number of carbonyl (C=O) groups excluding carboxylic acids is 2. The fourth-order valence-corrected chi connectivity index (χ4v) is 2.68. The number of hydrogen-bond donors (Lipinski definition) is 1. The SMILES string of the molecule is CCC(=O)Nc1cc(C(=O)CC[C@H](C)N(CC)CC)cc(Cl)n1. The zero-order chi connectivity index (χ0) is 17.4. The fourth-order valence-electron chi connectivity index (χ4n) is 2.47. The molecule has 1 heterocycles. The number of pyridine rings is 1. The third-order valence-corrected chi connectivity index (χ3v) is 4.12. The molecule has 128 valence electrons. The highest BCUT2D eigenvalue weighted by atomic mass is 35.5. The van der Waals surface area contributed by atoms with Gasteiger partial charge in [-0.15, -0.1) is 0 Å². The van der Waals surface area contributed by atoms with Crippen LogP contribution in [0.15, 0.2) is 12.1 Å². The van der Waals surface area contributed by atoms with Gasteiger partial charge in [0.2, 0.25) is 5.91 Å². The Morgan fingerprint density at radius 1 is 1.26 bits per heavy atom. The number of Topliss-reactive ketones (excluding diaryl/α,β-unsaturated/α-hetero) is 1. The van der Waals surface area contributed by atoms with Crippen LogP contribution in [-0.4, -0.2) is 40.7 Å². The Kier molecular flexibility index (Phi) is 8.20. The molecule has 23 heavy (non-hydrogen) atoms. The van der Waals surface area contributed by atoms with E-state index in [-0.39, 0.29) is 16.8 Å². The first-order chi connectivity index (χ1) is 10.9. The highest BCUT2D eigenvalue weighted by Gasteiger charge is 2.15. The second-order valence-electron chi connectivity index (χ2n) is 5.50. The Bertz CT molecular complexity index is 545. The monoisotopic (exact) mass is 339 g/mol. The topological polar surface area (TPSA) is 62.3 Å². The lowest BCUT2D eigenvalue weighted by molar-refractivity contribution is -0.115. The quantitative estimate of drug-likeness (QED) is 0.549. The average molecular weight is 340 g/mol. The number of aromatic nitrogens is 1. The number of halogens is 1. The van der Waals surface area contributed by atoms with Gasteiger partial charge in [0.15, 0.2) is 5.78 Å². The van der Waals surface area contributed by atoms with Gasteiger partial charge in [0.05, 0.1) is 0 Å². The summed E-state index contributed by atoms with van der Waals surface area (Å²) in [5.41, 5.74) is 0.489. The molecule has 0 bridgehead atoms. The standard InChI is InChI=1S/C17H26ClN3O2/c1-5-17(23)20-16-11-13(10-15(18)19-16)14(22)9-8-12(4)21(6-2)7-3/h10-12H,5-9H2,1-4H3,(H,19,20,23)/t12-/m0/s1. The van der Waals surface area contributed by atoms with Crippen molar-refractivity contribution < 1.29 is 9.59 Å². The van der Waals surface area contributed by atoms with Crippen LogP contribution in [-0.2, 0) is 4.79 Å². The van der Waals surface area contributed by atoms with E-state index >= 15 is 0 Å². The number of hydrogen-bond acceptors (Lipinski definition) is 4. The summed E-state index contributed by atoms with van der Waals surface area (Å²) >= 11 is 5.96. The minimum atomic E-state index is -0.159. The predicted molar refractivity (Wildman–Crippen MR) is 94.1 cm³/mol. The molecule has 0 saturated carbocycles. The van der Waals surface area contributed by atoms with E-state index in [1.807, 2.05) is 0 Å². The summed E-state index contributed by atoms with van der Waals surface area (Å²) in [6, 6.07) is 3.49. The van der Waals surface area contributed by atoms with Crippen LogP contribution in [0.3, 0.4) is 0 Å². The fraction of sp³-hybridized carbons (Fsp3) is 0.588. The summed E-state index contributed by atoms with van der Waals surface area (Å²) < 4.78 is 0. The zero-order valence-corrected chi connectivity index (χ0v) is 15.1. The second kappa shape index (κ2) is 9.63. The van der Waals surface area contributed by atoms with Crippen LogP contribution >= 0.6 is 11.6 Å². The van der Waals surface area contributed by atoms with Gasteiger partial charge in [0.25, 0.3) is 0 Å². The summed E-state index contributed by atoms with van der Waals surface area (Å²) in [7, 11) is 0. The molecule has 0 aliphatic heterocycles. The van der Waals surface area contributed by atoms with Crippen molar-refractivity contribution in [3.63, 3.8) is 0 Å². The van der Waals surface area contributed by atoms with Crippen LogP contribution < -0.4 is 5.32 Å². The lowest BCUT2D eigenvalue weighted by atomic mass is 10.0. The minimum absolute atomic E-state index is 0.0142. The van der Waals surface area contributed by atoms with Crippen LogP contribution in [0.2, 0.25) is 5.15 Å². The molecule has 0 saturated heterocycles. The maximum atomic E-state index is 12.4. The lowest BCUT2D eigenvalue weighted by Crippen LogP contribution is -2.33. The third kappa shape index (κ3) is 6.28. The summed E-state index contributed by atoms with van der Waals surface area (Å²) in [6.45, 7) is 10.1. The van der Waals surface area contributed by atoms with Crippen molar-refractivity contribution in [1.29, 1.82) is 0 Å². The number of carbonyl (C=O) groups is 2. The van der Waals surface area contributed by atoms with E-state index < -0.39 is 0 Å². The molecule has 1 amide bonds. The van der Waals surface area contributed by atoms with E-state index in [1.54, 1.807) is 19.1 Å². The molecule has 0 aliphatic rings. The first kappa shape index (κ1) is 19.6. The van der Waals surface area contributed by atoms with E-state index in [1.165, 1.54) is 0 Å². The molecule has 1 aromatic rings.